The van der Waals surface area contributed by atoms with Crippen molar-refractivity contribution in [3.05, 3.63) is 24.3 Å². The lowest BCUT2D eigenvalue weighted by atomic mass is 9.89. The molecule has 0 aromatic carbocycles. The molecule has 1 saturated carbocycles. The second-order valence-electron chi connectivity index (χ2n) is 9.56. The highest BCUT2D eigenvalue weighted by Gasteiger charge is 2.46. The van der Waals surface area contributed by atoms with Crippen LogP contribution in [0.15, 0.2) is 24.3 Å². The summed E-state index contributed by atoms with van der Waals surface area (Å²) < 4.78 is 18.4. The molecule has 2 fully saturated rings. The molecule has 1 spiro atoms. The minimum atomic E-state index is -0.602. The van der Waals surface area contributed by atoms with E-state index in [4.69, 9.17) is 14.2 Å². The van der Waals surface area contributed by atoms with Crippen molar-refractivity contribution in [1.29, 1.82) is 0 Å². The van der Waals surface area contributed by atoms with Crippen LogP contribution in [0.4, 0.5) is 0 Å². The number of carbonyl (C=O) groups is 1. The summed E-state index contributed by atoms with van der Waals surface area (Å²) in [6, 6.07) is 0. The highest BCUT2D eigenvalue weighted by atomic mass is 16.7. The first-order valence-electron chi connectivity index (χ1n) is 12.3. The summed E-state index contributed by atoms with van der Waals surface area (Å²) in [6.45, 7) is 11.4. The molecule has 1 saturated heterocycles. The molecule has 31 heavy (non-hydrogen) atoms. The quantitative estimate of drug-likeness (QED) is 0.236. The van der Waals surface area contributed by atoms with E-state index in [-0.39, 0.29) is 30.2 Å². The first-order valence-corrected chi connectivity index (χ1v) is 12.3. The summed E-state index contributed by atoms with van der Waals surface area (Å²) in [6.07, 6.45) is 13.8. The van der Waals surface area contributed by atoms with E-state index in [0.717, 1.165) is 69.8 Å². The number of carbonyl (C=O) groups excluding carboxylic acids is 1. The number of allylic oxidation sites excluding steroid dienone is 1. The Morgan fingerprint density at radius 3 is 2.61 bits per heavy atom. The van der Waals surface area contributed by atoms with Gasteiger partial charge in [0.05, 0.1) is 18.3 Å². The van der Waals surface area contributed by atoms with Gasteiger partial charge in [0, 0.05) is 38.5 Å². The predicted molar refractivity (Wildman–Crippen MR) is 124 cm³/mol. The lowest BCUT2D eigenvalue weighted by Crippen LogP contribution is -2.50. The van der Waals surface area contributed by atoms with E-state index in [9.17, 15) is 9.90 Å². The number of hydrogen-bond donors (Lipinski definition) is 1. The van der Waals surface area contributed by atoms with Crippen LogP contribution in [-0.4, -0.2) is 41.3 Å². The van der Waals surface area contributed by atoms with Gasteiger partial charge in [0.25, 0.3) is 0 Å². The van der Waals surface area contributed by atoms with Gasteiger partial charge in [-0.15, -0.1) is 6.58 Å². The fraction of sp³-hybridized carbons (Fsp3) is 0.808. The number of rotatable bonds is 12. The van der Waals surface area contributed by atoms with Crippen molar-refractivity contribution in [3.8, 4) is 0 Å². The summed E-state index contributed by atoms with van der Waals surface area (Å²) in [5.41, 5.74) is 1.05. The van der Waals surface area contributed by atoms with E-state index in [1.165, 1.54) is 6.92 Å². The third-order valence-electron chi connectivity index (χ3n) is 6.62. The average molecular weight is 437 g/mol. The van der Waals surface area contributed by atoms with Crippen molar-refractivity contribution < 1.29 is 24.1 Å². The summed E-state index contributed by atoms with van der Waals surface area (Å²) in [4.78, 5) is 11.4. The minimum absolute atomic E-state index is 0.0282. The Morgan fingerprint density at radius 1 is 1.29 bits per heavy atom. The second-order valence-corrected chi connectivity index (χ2v) is 9.56. The molecule has 5 nitrogen and oxygen atoms in total. The van der Waals surface area contributed by atoms with E-state index in [1.807, 2.05) is 19.1 Å². The lowest BCUT2D eigenvalue weighted by Gasteiger charge is -2.45. The first kappa shape index (κ1) is 26.1. The van der Waals surface area contributed by atoms with Gasteiger partial charge < -0.3 is 19.3 Å². The highest BCUT2D eigenvalue weighted by molar-refractivity contribution is 5.66. The molecule has 5 heteroatoms. The Balaban J connectivity index is 2.02. The van der Waals surface area contributed by atoms with Crippen molar-refractivity contribution in [2.45, 2.75) is 129 Å². The summed E-state index contributed by atoms with van der Waals surface area (Å²) >= 11 is 0. The fourth-order valence-electron chi connectivity index (χ4n) is 4.95. The van der Waals surface area contributed by atoms with E-state index in [0.29, 0.717) is 6.42 Å². The minimum Gasteiger partial charge on any atom is -0.462 e. The molecule has 2 aliphatic rings. The molecule has 0 aromatic heterocycles. The van der Waals surface area contributed by atoms with Gasteiger partial charge in [-0.05, 0) is 45.4 Å². The summed E-state index contributed by atoms with van der Waals surface area (Å²) in [5, 5.41) is 11.0. The van der Waals surface area contributed by atoms with Crippen molar-refractivity contribution in [3.63, 3.8) is 0 Å². The van der Waals surface area contributed by atoms with E-state index in [2.05, 4.69) is 20.4 Å². The maximum absolute atomic E-state index is 11.4. The van der Waals surface area contributed by atoms with Crippen LogP contribution in [0, 0.1) is 5.92 Å². The van der Waals surface area contributed by atoms with E-state index in [1.54, 1.807) is 0 Å². The molecule has 0 unspecified atom stereocenters. The van der Waals surface area contributed by atoms with Crippen LogP contribution in [0.25, 0.3) is 0 Å². The van der Waals surface area contributed by atoms with E-state index < -0.39 is 11.9 Å². The smallest absolute Gasteiger partial charge is 0.302 e. The van der Waals surface area contributed by atoms with Gasteiger partial charge in [-0.25, -0.2) is 0 Å². The Labute approximate surface area is 189 Å². The molecule has 0 bridgehead atoms. The summed E-state index contributed by atoms with van der Waals surface area (Å²) in [5.74, 6) is -0.743. The van der Waals surface area contributed by atoms with Crippen LogP contribution < -0.4 is 0 Å². The van der Waals surface area contributed by atoms with Gasteiger partial charge in [0.1, 0.15) is 6.10 Å². The fourth-order valence-corrected chi connectivity index (χ4v) is 4.95. The molecule has 1 aliphatic carbocycles. The molecular formula is C26H44O5. The maximum Gasteiger partial charge on any atom is 0.302 e. The van der Waals surface area contributed by atoms with Crippen LogP contribution in [0.1, 0.15) is 98.3 Å². The first-order chi connectivity index (χ1) is 14.8. The van der Waals surface area contributed by atoms with Crippen LogP contribution in [0.5, 0.6) is 0 Å². The molecule has 0 aromatic rings. The molecule has 1 aliphatic heterocycles. The maximum atomic E-state index is 11.4. The number of ether oxygens (including phenoxy) is 3. The third kappa shape index (κ3) is 8.36. The third-order valence-corrected chi connectivity index (χ3v) is 6.62. The Kier molecular flexibility index (Phi) is 10.7. The Bertz CT molecular complexity index is 593. The van der Waals surface area contributed by atoms with Crippen molar-refractivity contribution in [1.82, 2.24) is 0 Å². The Hall–Kier alpha value is -1.17. The number of hydrogen-bond acceptors (Lipinski definition) is 5. The Morgan fingerprint density at radius 2 is 2.00 bits per heavy atom. The van der Waals surface area contributed by atoms with Gasteiger partial charge in [0.15, 0.2) is 5.79 Å². The SMILES string of the molecule is C=CCCC[C@@H]1C[C@H]([C@H](C)[C@H](O)/C=C(\C)C[C@@H](CCC)OC(C)=O)OC2(CCCC2)O1. The van der Waals surface area contributed by atoms with Gasteiger partial charge >= 0.3 is 5.97 Å². The molecule has 1 N–H and O–H groups in total. The average Bonchev–Trinajstić information content (AvgIpc) is 3.14. The van der Waals surface area contributed by atoms with Crippen molar-refractivity contribution in [2.75, 3.05) is 0 Å². The van der Waals surface area contributed by atoms with Crippen molar-refractivity contribution in [2.24, 2.45) is 5.92 Å². The molecular weight excluding hydrogens is 392 g/mol. The number of unbranched alkanes of at least 4 members (excludes halogenated alkanes) is 1. The summed E-state index contributed by atoms with van der Waals surface area (Å²) in [7, 11) is 0. The number of esters is 1. The monoisotopic (exact) mass is 436 g/mol. The van der Waals surface area contributed by atoms with Gasteiger partial charge in [-0.3, -0.25) is 4.79 Å². The molecule has 5 atom stereocenters. The topological polar surface area (TPSA) is 65.0 Å². The number of aliphatic hydroxyl groups excluding tert-OH is 1. The van der Waals surface area contributed by atoms with Crippen LogP contribution in [0.3, 0.4) is 0 Å². The zero-order valence-electron chi connectivity index (χ0n) is 20.1. The largest absolute Gasteiger partial charge is 0.462 e. The lowest BCUT2D eigenvalue weighted by molar-refractivity contribution is -0.324. The standard InChI is InChI=1S/C26H44O5/c1-6-8-9-13-23-18-25(31-26(30-23)14-10-11-15-26)20(4)24(28)17-19(3)16-22(12-7-2)29-21(5)27/h6,17,20,22-25,28H,1,7-16,18H2,2-5H3/b19-17+/t20-,22-,23-,24-,25-/m1/s1. The number of aliphatic hydroxyl groups is 1. The van der Waals surface area contributed by atoms with Crippen LogP contribution >= 0.6 is 0 Å². The van der Waals surface area contributed by atoms with Crippen LogP contribution in [0.2, 0.25) is 0 Å². The van der Waals surface area contributed by atoms with E-state index >= 15 is 0 Å². The van der Waals surface area contributed by atoms with Crippen molar-refractivity contribution >= 4 is 5.97 Å². The zero-order chi connectivity index (χ0) is 22.9. The van der Waals surface area contributed by atoms with Gasteiger partial charge in [-0.1, -0.05) is 38.0 Å². The zero-order valence-corrected chi connectivity index (χ0v) is 20.1. The molecule has 2 rings (SSSR count). The van der Waals surface area contributed by atoms with Gasteiger partial charge in [0.2, 0.25) is 0 Å². The molecule has 1 heterocycles. The highest BCUT2D eigenvalue weighted by Crippen LogP contribution is 2.43. The molecule has 178 valence electrons. The second kappa shape index (κ2) is 12.8. The normalized spacial score (nSPS) is 26.4. The molecule has 0 radical (unpaired) electrons. The predicted octanol–water partition coefficient (Wildman–Crippen LogP) is 5.85. The van der Waals surface area contributed by atoms with Crippen LogP contribution in [-0.2, 0) is 19.0 Å². The van der Waals surface area contributed by atoms with Gasteiger partial charge in [-0.2, -0.15) is 0 Å². The molecule has 0 amide bonds.